The van der Waals surface area contributed by atoms with E-state index in [1.807, 2.05) is 32.0 Å². The Morgan fingerprint density at radius 1 is 0.800 bits per heavy atom. The summed E-state index contributed by atoms with van der Waals surface area (Å²) < 4.78 is 0. The summed E-state index contributed by atoms with van der Waals surface area (Å²) in [4.78, 5) is 0. The zero-order chi connectivity index (χ0) is 10.8. The minimum Gasteiger partial charge on any atom is -0.155 e. The maximum Gasteiger partial charge on any atom is 0.0681 e. The molecule has 0 aliphatic carbocycles. The highest BCUT2D eigenvalue weighted by Crippen LogP contribution is 2.26. The molecule has 2 rings (SSSR count). The lowest BCUT2D eigenvalue weighted by atomic mass is 9.99. The summed E-state index contributed by atoms with van der Waals surface area (Å²) in [5.74, 6) is 0. The lowest BCUT2D eigenvalue weighted by Gasteiger charge is -2.10. The lowest BCUT2D eigenvalue weighted by Crippen LogP contribution is -1.98. The Morgan fingerprint density at radius 2 is 1.40 bits per heavy atom. The number of nitrogens with zero attached hydrogens (tertiary/aromatic N) is 2. The largest absolute Gasteiger partial charge is 0.155 e. The molecule has 2 heteroatoms. The third kappa shape index (κ3) is 1.75. The molecule has 0 saturated heterocycles. The second kappa shape index (κ2) is 3.81. The molecule has 1 aromatic carbocycles. The molecular formula is C13H14N2. The van der Waals surface area contributed by atoms with Crippen molar-refractivity contribution in [1.29, 1.82) is 0 Å². The van der Waals surface area contributed by atoms with Crippen molar-refractivity contribution in [2.75, 3.05) is 0 Å². The number of benzene rings is 1. The predicted octanol–water partition coefficient (Wildman–Crippen LogP) is 3.07. The molecule has 0 atom stereocenters. The van der Waals surface area contributed by atoms with Crippen molar-refractivity contribution in [2.45, 2.75) is 20.8 Å². The third-order valence-electron chi connectivity index (χ3n) is 2.69. The van der Waals surface area contributed by atoms with Gasteiger partial charge in [0.2, 0.25) is 0 Å². The van der Waals surface area contributed by atoms with Crippen LogP contribution in [0.2, 0.25) is 0 Å². The van der Waals surface area contributed by atoms with Crippen LogP contribution in [0.5, 0.6) is 0 Å². The average Bonchev–Trinajstić information content (AvgIpc) is 2.26. The molecule has 2 aromatic rings. The highest BCUT2D eigenvalue weighted by Gasteiger charge is 2.08. The van der Waals surface area contributed by atoms with E-state index < -0.39 is 0 Å². The maximum absolute atomic E-state index is 4.17. The van der Waals surface area contributed by atoms with Crippen molar-refractivity contribution in [2.24, 2.45) is 0 Å². The van der Waals surface area contributed by atoms with Crippen LogP contribution >= 0.6 is 0 Å². The second-order valence-electron chi connectivity index (χ2n) is 3.74. The van der Waals surface area contributed by atoms with Crippen LogP contribution in [-0.4, -0.2) is 10.2 Å². The van der Waals surface area contributed by atoms with E-state index in [-0.39, 0.29) is 0 Å². The van der Waals surface area contributed by atoms with E-state index in [4.69, 9.17) is 0 Å². The Bertz CT molecular complexity index is 475. The molecule has 0 N–H and O–H groups in total. The van der Waals surface area contributed by atoms with Crippen molar-refractivity contribution < 1.29 is 0 Å². The Kier molecular flexibility index (Phi) is 2.50. The summed E-state index contributed by atoms with van der Waals surface area (Å²) in [6.07, 6.45) is 0. The van der Waals surface area contributed by atoms with Crippen molar-refractivity contribution in [3.05, 3.63) is 47.3 Å². The first-order valence-corrected chi connectivity index (χ1v) is 5.06. The molecule has 0 fully saturated rings. The van der Waals surface area contributed by atoms with E-state index in [2.05, 4.69) is 29.3 Å². The highest BCUT2D eigenvalue weighted by molar-refractivity contribution is 5.69. The molecule has 2 nitrogen and oxygen atoms in total. The van der Waals surface area contributed by atoms with Gasteiger partial charge in [-0.15, -0.1) is 0 Å². The van der Waals surface area contributed by atoms with Gasteiger partial charge in [-0.3, -0.25) is 0 Å². The van der Waals surface area contributed by atoms with Crippen molar-refractivity contribution in [3.63, 3.8) is 0 Å². The Hall–Kier alpha value is -1.70. The molecule has 1 aromatic heterocycles. The van der Waals surface area contributed by atoms with E-state index in [1.54, 1.807) is 0 Å². The number of aryl methyl sites for hydroxylation is 2. The molecular weight excluding hydrogens is 184 g/mol. The van der Waals surface area contributed by atoms with E-state index in [0.717, 1.165) is 11.4 Å². The fourth-order valence-corrected chi connectivity index (χ4v) is 1.76. The second-order valence-corrected chi connectivity index (χ2v) is 3.74. The molecule has 0 aliphatic heterocycles. The van der Waals surface area contributed by atoms with E-state index in [9.17, 15) is 0 Å². The summed E-state index contributed by atoms with van der Waals surface area (Å²) in [7, 11) is 0. The SMILES string of the molecule is Cc1nnc(C)c(-c2ccccc2)c1C. The topological polar surface area (TPSA) is 25.8 Å². The average molecular weight is 198 g/mol. The molecule has 76 valence electrons. The van der Waals surface area contributed by atoms with E-state index >= 15 is 0 Å². The predicted molar refractivity (Wildman–Crippen MR) is 61.7 cm³/mol. The van der Waals surface area contributed by atoms with Gasteiger partial charge in [-0.2, -0.15) is 10.2 Å². The third-order valence-corrected chi connectivity index (χ3v) is 2.69. The Balaban J connectivity index is 2.68. The van der Waals surface area contributed by atoms with Gasteiger partial charge in [0.05, 0.1) is 11.4 Å². The van der Waals surface area contributed by atoms with Crippen LogP contribution in [0.15, 0.2) is 30.3 Å². The van der Waals surface area contributed by atoms with Crippen molar-refractivity contribution in [3.8, 4) is 11.1 Å². The number of aromatic nitrogens is 2. The molecule has 0 bridgehead atoms. The Labute approximate surface area is 90.0 Å². The quantitative estimate of drug-likeness (QED) is 0.703. The van der Waals surface area contributed by atoms with Crippen LogP contribution in [0, 0.1) is 20.8 Å². The van der Waals surface area contributed by atoms with Gasteiger partial charge in [0.25, 0.3) is 0 Å². The highest BCUT2D eigenvalue weighted by atomic mass is 15.1. The smallest absolute Gasteiger partial charge is 0.0681 e. The molecule has 0 amide bonds. The van der Waals surface area contributed by atoms with Gasteiger partial charge < -0.3 is 0 Å². The monoisotopic (exact) mass is 198 g/mol. The molecule has 15 heavy (non-hydrogen) atoms. The molecule has 0 radical (unpaired) electrons. The molecule has 1 heterocycles. The fourth-order valence-electron chi connectivity index (χ4n) is 1.76. The van der Waals surface area contributed by atoms with Crippen molar-refractivity contribution >= 4 is 0 Å². The summed E-state index contributed by atoms with van der Waals surface area (Å²) in [6.45, 7) is 6.09. The van der Waals surface area contributed by atoms with Crippen LogP contribution in [0.3, 0.4) is 0 Å². The number of hydrogen-bond donors (Lipinski definition) is 0. The fraction of sp³-hybridized carbons (Fsp3) is 0.231. The van der Waals surface area contributed by atoms with Gasteiger partial charge in [-0.1, -0.05) is 30.3 Å². The standard InChI is InChI=1S/C13H14N2/c1-9-10(2)14-15-11(3)13(9)12-7-5-4-6-8-12/h4-8H,1-3H3. The van der Waals surface area contributed by atoms with Gasteiger partial charge in [-0.05, 0) is 31.9 Å². The summed E-state index contributed by atoms with van der Waals surface area (Å²) in [5, 5.41) is 8.28. The van der Waals surface area contributed by atoms with Gasteiger partial charge in [-0.25, -0.2) is 0 Å². The maximum atomic E-state index is 4.17. The minimum absolute atomic E-state index is 0.990. The first kappa shape index (κ1) is 9.84. The van der Waals surface area contributed by atoms with Crippen LogP contribution in [0.1, 0.15) is 17.0 Å². The Morgan fingerprint density at radius 3 is 2.07 bits per heavy atom. The minimum atomic E-state index is 0.990. The van der Waals surface area contributed by atoms with Gasteiger partial charge in [0.1, 0.15) is 0 Å². The summed E-state index contributed by atoms with van der Waals surface area (Å²) in [5.41, 5.74) is 5.63. The van der Waals surface area contributed by atoms with Crippen LogP contribution in [0.25, 0.3) is 11.1 Å². The first-order chi connectivity index (χ1) is 7.20. The van der Waals surface area contributed by atoms with E-state index in [0.29, 0.717) is 0 Å². The normalized spacial score (nSPS) is 10.3. The van der Waals surface area contributed by atoms with Crippen molar-refractivity contribution in [1.82, 2.24) is 10.2 Å². The molecule has 0 spiro atoms. The first-order valence-electron chi connectivity index (χ1n) is 5.06. The molecule has 0 unspecified atom stereocenters. The van der Waals surface area contributed by atoms with E-state index in [1.165, 1.54) is 16.7 Å². The zero-order valence-corrected chi connectivity index (χ0v) is 9.28. The lowest BCUT2D eigenvalue weighted by molar-refractivity contribution is 0.927. The van der Waals surface area contributed by atoms with Gasteiger partial charge >= 0.3 is 0 Å². The summed E-state index contributed by atoms with van der Waals surface area (Å²) in [6, 6.07) is 10.3. The van der Waals surface area contributed by atoms with Crippen LogP contribution < -0.4 is 0 Å². The zero-order valence-electron chi connectivity index (χ0n) is 9.28. The van der Waals surface area contributed by atoms with Gasteiger partial charge in [0.15, 0.2) is 0 Å². The van der Waals surface area contributed by atoms with Crippen LogP contribution in [0.4, 0.5) is 0 Å². The number of rotatable bonds is 1. The van der Waals surface area contributed by atoms with Gasteiger partial charge in [0, 0.05) is 5.56 Å². The molecule has 0 aliphatic rings. The van der Waals surface area contributed by atoms with Crippen LogP contribution in [-0.2, 0) is 0 Å². The summed E-state index contributed by atoms with van der Waals surface area (Å²) >= 11 is 0. The number of hydrogen-bond acceptors (Lipinski definition) is 2. The molecule has 0 saturated carbocycles.